The summed E-state index contributed by atoms with van der Waals surface area (Å²) >= 11 is 0. The van der Waals surface area contributed by atoms with Gasteiger partial charge in [-0.15, -0.1) is 0 Å². The van der Waals surface area contributed by atoms with Gasteiger partial charge in [-0.3, -0.25) is 4.79 Å². The molecular formula is C10H20NO. The number of hydrogen-bond acceptors (Lipinski definition) is 1. The molecule has 1 N–H and O–H groups in total. The van der Waals surface area contributed by atoms with Crippen LogP contribution in [0.25, 0.3) is 0 Å². The first-order valence-corrected chi connectivity index (χ1v) is 4.57. The summed E-state index contributed by atoms with van der Waals surface area (Å²) in [5, 5.41) is 2.78. The standard InChI is InChI=1S/C10H20NO/c1-5-6-7-11-9(12)8-10(2,3)4/h7H,5-6,8H2,1-4H3,(H,11,12). The molecule has 1 radical (unpaired) electrons. The SMILES string of the molecule is CCC[CH]NC(=O)CC(C)(C)C. The van der Waals surface area contributed by atoms with E-state index in [1.165, 1.54) is 0 Å². The van der Waals surface area contributed by atoms with Crippen molar-refractivity contribution in [3.8, 4) is 0 Å². The molecule has 0 unspecified atom stereocenters. The summed E-state index contributed by atoms with van der Waals surface area (Å²) in [7, 11) is 0. The Morgan fingerprint density at radius 2 is 2.00 bits per heavy atom. The van der Waals surface area contributed by atoms with E-state index in [0.717, 1.165) is 12.8 Å². The van der Waals surface area contributed by atoms with Crippen LogP contribution in [0.3, 0.4) is 0 Å². The lowest BCUT2D eigenvalue weighted by Gasteiger charge is -2.16. The second-order valence-electron chi connectivity index (χ2n) is 4.30. The zero-order valence-electron chi connectivity index (χ0n) is 8.61. The van der Waals surface area contributed by atoms with E-state index in [1.54, 1.807) is 0 Å². The molecule has 0 heterocycles. The molecule has 0 spiro atoms. The topological polar surface area (TPSA) is 29.1 Å². The Balaban J connectivity index is 3.47. The third-order valence-electron chi connectivity index (χ3n) is 1.39. The molecule has 0 saturated heterocycles. The quantitative estimate of drug-likeness (QED) is 0.645. The van der Waals surface area contributed by atoms with Crippen LogP contribution >= 0.6 is 0 Å². The molecule has 0 aromatic carbocycles. The van der Waals surface area contributed by atoms with Gasteiger partial charge in [0, 0.05) is 13.0 Å². The van der Waals surface area contributed by atoms with E-state index in [4.69, 9.17) is 0 Å². The van der Waals surface area contributed by atoms with E-state index in [9.17, 15) is 4.79 Å². The Hall–Kier alpha value is -0.530. The molecule has 0 aromatic rings. The van der Waals surface area contributed by atoms with Crippen LogP contribution in [-0.4, -0.2) is 5.91 Å². The van der Waals surface area contributed by atoms with E-state index in [0.29, 0.717) is 6.42 Å². The molecule has 0 aliphatic rings. The summed E-state index contributed by atoms with van der Waals surface area (Å²) in [6.07, 6.45) is 2.62. The molecule has 0 fully saturated rings. The summed E-state index contributed by atoms with van der Waals surface area (Å²) in [6.45, 7) is 10.1. The van der Waals surface area contributed by atoms with Gasteiger partial charge in [-0.1, -0.05) is 34.1 Å². The third-order valence-corrected chi connectivity index (χ3v) is 1.39. The van der Waals surface area contributed by atoms with Gasteiger partial charge in [0.25, 0.3) is 0 Å². The first-order valence-electron chi connectivity index (χ1n) is 4.57. The predicted molar refractivity (Wildman–Crippen MR) is 51.4 cm³/mol. The number of hydrogen-bond donors (Lipinski definition) is 1. The number of carbonyl (C=O) groups is 1. The van der Waals surface area contributed by atoms with Gasteiger partial charge in [-0.2, -0.15) is 0 Å². The van der Waals surface area contributed by atoms with Crippen molar-refractivity contribution in [2.75, 3.05) is 0 Å². The fourth-order valence-corrected chi connectivity index (χ4v) is 0.863. The maximum Gasteiger partial charge on any atom is 0.220 e. The van der Waals surface area contributed by atoms with Crippen LogP contribution in [-0.2, 0) is 4.79 Å². The Morgan fingerprint density at radius 3 is 2.42 bits per heavy atom. The Kier molecular flexibility index (Phi) is 4.95. The number of rotatable bonds is 4. The number of unbranched alkanes of at least 4 members (excludes halogenated alkanes) is 1. The second kappa shape index (κ2) is 5.18. The van der Waals surface area contributed by atoms with Crippen molar-refractivity contribution in [1.82, 2.24) is 5.32 Å². The van der Waals surface area contributed by atoms with Crippen LogP contribution in [0.4, 0.5) is 0 Å². The van der Waals surface area contributed by atoms with E-state index in [-0.39, 0.29) is 11.3 Å². The maximum absolute atomic E-state index is 11.2. The average molecular weight is 170 g/mol. The van der Waals surface area contributed by atoms with E-state index in [1.807, 2.05) is 6.54 Å². The summed E-state index contributed by atoms with van der Waals surface area (Å²) in [4.78, 5) is 11.2. The lowest BCUT2D eigenvalue weighted by atomic mass is 9.92. The van der Waals surface area contributed by atoms with Crippen molar-refractivity contribution in [3.05, 3.63) is 6.54 Å². The molecule has 0 saturated carbocycles. The fraction of sp³-hybridized carbons (Fsp3) is 0.800. The Morgan fingerprint density at radius 1 is 1.42 bits per heavy atom. The smallest absolute Gasteiger partial charge is 0.220 e. The molecular weight excluding hydrogens is 150 g/mol. The van der Waals surface area contributed by atoms with Crippen LogP contribution in [0.2, 0.25) is 0 Å². The predicted octanol–water partition coefficient (Wildman–Crippen LogP) is 2.50. The van der Waals surface area contributed by atoms with Gasteiger partial charge in [0.1, 0.15) is 0 Å². The average Bonchev–Trinajstić information content (AvgIpc) is 1.84. The summed E-state index contributed by atoms with van der Waals surface area (Å²) in [5.41, 5.74) is 0.0874. The lowest BCUT2D eigenvalue weighted by Crippen LogP contribution is -2.25. The second-order valence-corrected chi connectivity index (χ2v) is 4.30. The van der Waals surface area contributed by atoms with Gasteiger partial charge in [0.05, 0.1) is 0 Å². The van der Waals surface area contributed by atoms with Gasteiger partial charge >= 0.3 is 0 Å². The van der Waals surface area contributed by atoms with Crippen LogP contribution in [0.1, 0.15) is 47.0 Å². The molecule has 2 nitrogen and oxygen atoms in total. The highest BCUT2D eigenvalue weighted by atomic mass is 16.1. The molecule has 12 heavy (non-hydrogen) atoms. The zero-order valence-corrected chi connectivity index (χ0v) is 8.61. The minimum Gasteiger partial charge on any atom is -0.351 e. The first-order chi connectivity index (χ1) is 5.45. The summed E-state index contributed by atoms with van der Waals surface area (Å²) < 4.78 is 0. The van der Waals surface area contributed by atoms with Crippen LogP contribution in [0, 0.1) is 12.0 Å². The van der Waals surface area contributed by atoms with Crippen molar-refractivity contribution in [2.24, 2.45) is 5.41 Å². The third kappa shape index (κ3) is 7.58. The monoisotopic (exact) mass is 170 g/mol. The van der Waals surface area contributed by atoms with Crippen molar-refractivity contribution in [2.45, 2.75) is 47.0 Å². The van der Waals surface area contributed by atoms with Crippen LogP contribution < -0.4 is 5.32 Å². The van der Waals surface area contributed by atoms with Gasteiger partial charge in [0.2, 0.25) is 5.91 Å². The van der Waals surface area contributed by atoms with Crippen molar-refractivity contribution >= 4 is 5.91 Å². The van der Waals surface area contributed by atoms with E-state index < -0.39 is 0 Å². The van der Waals surface area contributed by atoms with E-state index >= 15 is 0 Å². The van der Waals surface area contributed by atoms with Gasteiger partial charge in [-0.25, -0.2) is 0 Å². The van der Waals surface area contributed by atoms with Crippen LogP contribution in [0.5, 0.6) is 0 Å². The molecule has 1 amide bonds. The zero-order chi connectivity index (χ0) is 9.61. The van der Waals surface area contributed by atoms with Gasteiger partial charge < -0.3 is 5.32 Å². The van der Waals surface area contributed by atoms with E-state index in [2.05, 4.69) is 33.0 Å². The molecule has 0 bridgehead atoms. The number of nitrogens with one attached hydrogen (secondary N) is 1. The largest absolute Gasteiger partial charge is 0.351 e. The minimum atomic E-state index is 0.0874. The molecule has 0 aliphatic heterocycles. The molecule has 0 aromatic heterocycles. The molecule has 2 heteroatoms. The maximum atomic E-state index is 11.2. The van der Waals surface area contributed by atoms with Gasteiger partial charge in [-0.05, 0) is 11.8 Å². The molecule has 0 aliphatic carbocycles. The van der Waals surface area contributed by atoms with Crippen molar-refractivity contribution < 1.29 is 4.79 Å². The fourth-order valence-electron chi connectivity index (χ4n) is 0.863. The number of amides is 1. The van der Waals surface area contributed by atoms with Crippen molar-refractivity contribution in [1.29, 1.82) is 0 Å². The Bertz CT molecular complexity index is 135. The first kappa shape index (κ1) is 11.5. The number of carbonyl (C=O) groups excluding carboxylic acids is 1. The summed E-state index contributed by atoms with van der Waals surface area (Å²) in [5.74, 6) is 0.121. The molecule has 71 valence electrons. The highest BCUT2D eigenvalue weighted by molar-refractivity contribution is 5.77. The summed E-state index contributed by atoms with van der Waals surface area (Å²) in [6, 6.07) is 0. The van der Waals surface area contributed by atoms with Crippen molar-refractivity contribution in [3.63, 3.8) is 0 Å². The van der Waals surface area contributed by atoms with Crippen LogP contribution in [0.15, 0.2) is 0 Å². The lowest BCUT2D eigenvalue weighted by molar-refractivity contribution is -0.122. The van der Waals surface area contributed by atoms with Gasteiger partial charge in [0.15, 0.2) is 0 Å². The highest BCUT2D eigenvalue weighted by Gasteiger charge is 2.14. The molecule has 0 atom stereocenters. The highest BCUT2D eigenvalue weighted by Crippen LogP contribution is 2.17. The Labute approximate surface area is 75.7 Å². The normalized spacial score (nSPS) is 11.3. The minimum absolute atomic E-state index is 0.0874. The molecule has 0 rings (SSSR count).